The first-order valence-corrected chi connectivity index (χ1v) is 6.85. The zero-order chi connectivity index (χ0) is 11.6. The van der Waals surface area contributed by atoms with E-state index in [0.29, 0.717) is 5.41 Å². The maximum Gasteiger partial charge on any atom is -0.0298 e. The summed E-state index contributed by atoms with van der Waals surface area (Å²) in [5.74, 6) is 0. The molecule has 0 amide bonds. The molecule has 0 aromatic heterocycles. The van der Waals surface area contributed by atoms with Crippen LogP contribution in [0.1, 0.15) is 78.6 Å². The van der Waals surface area contributed by atoms with Crippen molar-refractivity contribution in [1.29, 1.82) is 0 Å². The molecular formula is C15H30. The van der Waals surface area contributed by atoms with Crippen LogP contribution in [0.25, 0.3) is 0 Å². The molecule has 0 heterocycles. The van der Waals surface area contributed by atoms with Gasteiger partial charge in [0.1, 0.15) is 0 Å². The van der Waals surface area contributed by atoms with Gasteiger partial charge in [-0.05, 0) is 43.9 Å². The van der Waals surface area contributed by atoms with E-state index in [1.807, 2.05) is 0 Å². The van der Waals surface area contributed by atoms with Gasteiger partial charge < -0.3 is 0 Å². The molecule has 0 aliphatic carbocycles. The minimum Gasteiger partial charge on any atom is -0.103 e. The number of unbranched alkanes of at least 4 members (excludes halogenated alkanes) is 1. The van der Waals surface area contributed by atoms with Gasteiger partial charge >= 0.3 is 0 Å². The molecule has 0 heteroatoms. The Morgan fingerprint density at radius 3 is 1.67 bits per heavy atom. The molecule has 0 bridgehead atoms. The van der Waals surface area contributed by atoms with Crippen LogP contribution in [0.5, 0.6) is 0 Å². The molecule has 0 saturated carbocycles. The summed E-state index contributed by atoms with van der Waals surface area (Å²) in [6.45, 7) is 10.8. The molecule has 15 heavy (non-hydrogen) atoms. The van der Waals surface area contributed by atoms with Gasteiger partial charge in [0.25, 0.3) is 0 Å². The number of hydrogen-bond donors (Lipinski definition) is 0. The van der Waals surface area contributed by atoms with Gasteiger partial charge in [0.2, 0.25) is 0 Å². The van der Waals surface area contributed by atoms with E-state index < -0.39 is 0 Å². The molecule has 0 fully saturated rings. The Bertz CT molecular complexity index is 129. The highest BCUT2D eigenvalue weighted by Crippen LogP contribution is 2.39. The van der Waals surface area contributed by atoms with Crippen LogP contribution in [-0.2, 0) is 0 Å². The highest BCUT2D eigenvalue weighted by Gasteiger charge is 2.26. The van der Waals surface area contributed by atoms with Crippen LogP contribution in [0.3, 0.4) is 0 Å². The minimum atomic E-state index is 0.654. The summed E-state index contributed by atoms with van der Waals surface area (Å²) in [5.41, 5.74) is 0.654. The second-order valence-electron chi connectivity index (χ2n) is 4.93. The molecule has 0 spiro atoms. The molecule has 90 valence electrons. The molecule has 0 aromatic carbocycles. The quantitative estimate of drug-likeness (QED) is 0.319. The predicted molar refractivity (Wildman–Crippen MR) is 71.2 cm³/mol. The predicted octanol–water partition coefficient (Wildman–Crippen LogP) is 5.73. The molecule has 0 aliphatic heterocycles. The van der Waals surface area contributed by atoms with Crippen molar-refractivity contribution in [2.75, 3.05) is 0 Å². The van der Waals surface area contributed by atoms with Crippen LogP contribution < -0.4 is 0 Å². The van der Waals surface area contributed by atoms with Crippen molar-refractivity contribution in [3.63, 3.8) is 0 Å². The van der Waals surface area contributed by atoms with Gasteiger partial charge in [0, 0.05) is 0 Å². The number of allylic oxidation sites excluding steroid dienone is 1. The molecule has 0 saturated heterocycles. The van der Waals surface area contributed by atoms with E-state index in [2.05, 4.69) is 33.4 Å². The first-order chi connectivity index (χ1) is 7.24. The summed E-state index contributed by atoms with van der Waals surface area (Å²) < 4.78 is 0. The summed E-state index contributed by atoms with van der Waals surface area (Å²) in [6.07, 6.45) is 14.3. The third kappa shape index (κ3) is 6.02. The lowest BCUT2D eigenvalue weighted by Crippen LogP contribution is -2.20. The summed E-state index contributed by atoms with van der Waals surface area (Å²) >= 11 is 0. The van der Waals surface area contributed by atoms with Crippen molar-refractivity contribution < 1.29 is 0 Å². The molecule has 0 radical (unpaired) electrons. The summed E-state index contributed by atoms with van der Waals surface area (Å²) in [4.78, 5) is 0. The minimum absolute atomic E-state index is 0.654. The van der Waals surface area contributed by atoms with Crippen LogP contribution in [0.4, 0.5) is 0 Å². The smallest absolute Gasteiger partial charge is 0.0298 e. The lowest BCUT2D eigenvalue weighted by Gasteiger charge is -2.33. The molecule has 0 aliphatic rings. The SMILES string of the molecule is C=CCCCC(CCC)(CCC)CCC. The fraction of sp³-hybridized carbons (Fsp3) is 0.867. The maximum atomic E-state index is 3.82. The Hall–Kier alpha value is -0.260. The van der Waals surface area contributed by atoms with E-state index in [-0.39, 0.29) is 0 Å². The van der Waals surface area contributed by atoms with Gasteiger partial charge in [-0.3, -0.25) is 0 Å². The first-order valence-electron chi connectivity index (χ1n) is 6.85. The van der Waals surface area contributed by atoms with Crippen molar-refractivity contribution in [1.82, 2.24) is 0 Å². The van der Waals surface area contributed by atoms with E-state index in [1.54, 1.807) is 0 Å². The van der Waals surface area contributed by atoms with Crippen molar-refractivity contribution in [2.24, 2.45) is 5.41 Å². The lowest BCUT2D eigenvalue weighted by atomic mass is 9.72. The number of hydrogen-bond acceptors (Lipinski definition) is 0. The second kappa shape index (κ2) is 9.00. The molecule has 0 atom stereocenters. The maximum absolute atomic E-state index is 3.82. The van der Waals surface area contributed by atoms with Gasteiger partial charge in [-0.2, -0.15) is 0 Å². The van der Waals surface area contributed by atoms with E-state index in [4.69, 9.17) is 0 Å². The van der Waals surface area contributed by atoms with E-state index >= 15 is 0 Å². The van der Waals surface area contributed by atoms with Gasteiger partial charge in [0.05, 0.1) is 0 Å². The van der Waals surface area contributed by atoms with Gasteiger partial charge in [0.15, 0.2) is 0 Å². The third-order valence-electron chi connectivity index (χ3n) is 3.46. The fourth-order valence-electron chi connectivity index (χ4n) is 2.96. The summed E-state index contributed by atoms with van der Waals surface area (Å²) in [6, 6.07) is 0. The Kier molecular flexibility index (Phi) is 8.85. The zero-order valence-electron chi connectivity index (χ0n) is 11.1. The Morgan fingerprint density at radius 2 is 1.33 bits per heavy atom. The second-order valence-corrected chi connectivity index (χ2v) is 4.93. The Balaban J connectivity index is 4.24. The topological polar surface area (TPSA) is 0 Å². The first kappa shape index (κ1) is 14.7. The largest absolute Gasteiger partial charge is 0.103 e. The highest BCUT2D eigenvalue weighted by atomic mass is 14.3. The van der Waals surface area contributed by atoms with Crippen molar-refractivity contribution >= 4 is 0 Å². The fourth-order valence-corrected chi connectivity index (χ4v) is 2.96. The van der Waals surface area contributed by atoms with E-state index in [9.17, 15) is 0 Å². The zero-order valence-corrected chi connectivity index (χ0v) is 11.1. The Labute approximate surface area is 97.2 Å². The van der Waals surface area contributed by atoms with Crippen LogP contribution in [0.15, 0.2) is 12.7 Å². The Morgan fingerprint density at radius 1 is 0.867 bits per heavy atom. The third-order valence-corrected chi connectivity index (χ3v) is 3.46. The standard InChI is InChI=1S/C15H30/c1-5-9-10-14-15(11-6-2,12-7-3)13-8-4/h5H,1,6-14H2,2-4H3. The van der Waals surface area contributed by atoms with Crippen molar-refractivity contribution in [3.8, 4) is 0 Å². The van der Waals surface area contributed by atoms with Crippen LogP contribution >= 0.6 is 0 Å². The lowest BCUT2D eigenvalue weighted by molar-refractivity contribution is 0.188. The average Bonchev–Trinajstić information content (AvgIpc) is 2.19. The summed E-state index contributed by atoms with van der Waals surface area (Å²) in [5, 5.41) is 0. The number of rotatable bonds is 10. The molecule has 0 aromatic rings. The molecular weight excluding hydrogens is 180 g/mol. The molecule has 0 N–H and O–H groups in total. The average molecular weight is 210 g/mol. The summed E-state index contributed by atoms with van der Waals surface area (Å²) in [7, 11) is 0. The van der Waals surface area contributed by atoms with Crippen LogP contribution in [0.2, 0.25) is 0 Å². The van der Waals surface area contributed by atoms with Crippen LogP contribution in [0, 0.1) is 5.41 Å². The molecule has 0 nitrogen and oxygen atoms in total. The van der Waals surface area contributed by atoms with Crippen molar-refractivity contribution in [2.45, 2.75) is 78.6 Å². The molecule has 0 rings (SSSR count). The van der Waals surface area contributed by atoms with E-state index in [1.165, 1.54) is 57.8 Å². The van der Waals surface area contributed by atoms with Gasteiger partial charge in [-0.25, -0.2) is 0 Å². The van der Waals surface area contributed by atoms with Gasteiger partial charge in [-0.15, -0.1) is 6.58 Å². The van der Waals surface area contributed by atoms with Crippen LogP contribution in [-0.4, -0.2) is 0 Å². The monoisotopic (exact) mass is 210 g/mol. The normalized spacial score (nSPS) is 11.7. The van der Waals surface area contributed by atoms with Crippen molar-refractivity contribution in [3.05, 3.63) is 12.7 Å². The van der Waals surface area contributed by atoms with Gasteiger partial charge in [-0.1, -0.05) is 46.1 Å². The highest BCUT2D eigenvalue weighted by molar-refractivity contribution is 4.80. The van der Waals surface area contributed by atoms with E-state index in [0.717, 1.165) is 0 Å². The molecule has 0 unspecified atom stereocenters.